The molecule has 280 valence electrons. The molecule has 0 radical (unpaired) electrons. The maximum absolute atomic E-state index is 13.8. The molecule has 14 nitrogen and oxygen atoms in total. The van der Waals surface area contributed by atoms with E-state index in [2.05, 4.69) is 46.5 Å². The summed E-state index contributed by atoms with van der Waals surface area (Å²) in [6.45, 7) is 8.18. The van der Waals surface area contributed by atoms with Gasteiger partial charge in [-0.05, 0) is 72.9 Å². The second-order valence-electron chi connectivity index (χ2n) is 16.2. The van der Waals surface area contributed by atoms with Gasteiger partial charge in [0.1, 0.15) is 11.8 Å². The van der Waals surface area contributed by atoms with E-state index in [4.69, 9.17) is 0 Å². The molecular formula is C40H45N9O5. The highest BCUT2D eigenvalue weighted by atomic mass is 16.3. The molecule has 1 unspecified atom stereocenters. The third-order valence-corrected chi connectivity index (χ3v) is 13.1. The predicted octanol–water partition coefficient (Wildman–Crippen LogP) is 2.15. The Labute approximate surface area is 313 Å². The summed E-state index contributed by atoms with van der Waals surface area (Å²) < 4.78 is 0. The van der Waals surface area contributed by atoms with Crippen LogP contribution in [0.2, 0.25) is 0 Å². The van der Waals surface area contributed by atoms with E-state index >= 15 is 0 Å². The Morgan fingerprint density at radius 1 is 0.870 bits per heavy atom. The molecule has 7 heterocycles. The minimum absolute atomic E-state index is 0.129. The topological polar surface area (TPSA) is 155 Å². The molecule has 5 fully saturated rings. The number of piperidine rings is 3. The molecule has 3 aromatic rings. The van der Waals surface area contributed by atoms with Gasteiger partial charge in [0.2, 0.25) is 17.7 Å². The fourth-order valence-electron chi connectivity index (χ4n) is 10.1. The lowest BCUT2D eigenvalue weighted by molar-refractivity contribution is -0.137. The number of aromatic hydroxyl groups is 1. The average Bonchev–Trinajstić information content (AvgIpc) is 3.50. The highest BCUT2D eigenvalue weighted by Gasteiger charge is 2.60. The maximum Gasteiger partial charge on any atom is 0.255 e. The van der Waals surface area contributed by atoms with E-state index < -0.39 is 6.04 Å². The van der Waals surface area contributed by atoms with Crippen molar-refractivity contribution in [3.05, 3.63) is 59.7 Å². The minimum atomic E-state index is -0.598. The fourth-order valence-corrected chi connectivity index (χ4v) is 10.1. The summed E-state index contributed by atoms with van der Waals surface area (Å²) in [7, 11) is 0. The number of rotatable bonds is 6. The third-order valence-electron chi connectivity index (χ3n) is 13.1. The van der Waals surface area contributed by atoms with E-state index in [1.165, 1.54) is 0 Å². The number of para-hydroxylation sites is 1. The number of hydrogen-bond donors (Lipinski definition) is 3. The molecule has 14 heteroatoms. The van der Waals surface area contributed by atoms with Gasteiger partial charge in [-0.2, -0.15) is 0 Å². The van der Waals surface area contributed by atoms with Gasteiger partial charge in [-0.1, -0.05) is 18.2 Å². The summed E-state index contributed by atoms with van der Waals surface area (Å²) in [4.78, 5) is 62.2. The molecule has 1 aromatic heterocycles. The molecule has 0 bridgehead atoms. The lowest BCUT2D eigenvalue weighted by Crippen LogP contribution is -2.59. The van der Waals surface area contributed by atoms with Crippen LogP contribution in [0.5, 0.6) is 5.75 Å². The number of hydrogen-bond acceptors (Lipinski definition) is 11. The zero-order valence-corrected chi connectivity index (χ0v) is 30.2. The van der Waals surface area contributed by atoms with Crippen LogP contribution in [0.4, 0.5) is 17.2 Å². The smallest absolute Gasteiger partial charge is 0.255 e. The second-order valence-corrected chi connectivity index (χ2v) is 16.2. The van der Waals surface area contributed by atoms with Crippen molar-refractivity contribution in [1.29, 1.82) is 0 Å². The van der Waals surface area contributed by atoms with Crippen LogP contribution in [0.1, 0.15) is 41.6 Å². The second kappa shape index (κ2) is 13.0. The van der Waals surface area contributed by atoms with Crippen molar-refractivity contribution in [1.82, 2.24) is 30.2 Å². The van der Waals surface area contributed by atoms with Crippen LogP contribution in [0.3, 0.4) is 0 Å². The molecule has 10 rings (SSSR count). The number of fused-ring (bicyclic) bond motifs is 5. The number of nitrogens with zero attached hydrogens (tertiary/aromatic N) is 7. The predicted molar refractivity (Wildman–Crippen MR) is 200 cm³/mol. The van der Waals surface area contributed by atoms with E-state index in [1.54, 1.807) is 17.0 Å². The van der Waals surface area contributed by atoms with Gasteiger partial charge in [-0.25, -0.2) is 0 Å². The molecule has 7 aliphatic rings. The van der Waals surface area contributed by atoms with E-state index in [9.17, 15) is 24.3 Å². The van der Waals surface area contributed by atoms with Crippen molar-refractivity contribution in [2.24, 2.45) is 23.7 Å². The van der Waals surface area contributed by atoms with Crippen LogP contribution in [0.25, 0.3) is 11.3 Å². The lowest BCUT2D eigenvalue weighted by Gasteiger charge is -2.46. The van der Waals surface area contributed by atoms with Gasteiger partial charge in [-0.3, -0.25) is 24.5 Å². The normalized spacial score (nSPS) is 27.9. The number of imide groups is 1. The number of benzene rings is 2. The highest BCUT2D eigenvalue weighted by molar-refractivity contribution is 6.05. The molecule has 4 saturated heterocycles. The number of piperazine rings is 1. The number of phenols is 1. The van der Waals surface area contributed by atoms with Crippen LogP contribution >= 0.6 is 0 Å². The van der Waals surface area contributed by atoms with Crippen molar-refractivity contribution in [2.75, 3.05) is 74.0 Å². The minimum Gasteiger partial charge on any atom is -0.507 e. The summed E-state index contributed by atoms with van der Waals surface area (Å²) in [6, 6.07) is 14.8. The number of amides is 4. The zero-order valence-electron chi connectivity index (χ0n) is 30.2. The van der Waals surface area contributed by atoms with Crippen LogP contribution in [0, 0.1) is 23.7 Å². The van der Waals surface area contributed by atoms with Crippen molar-refractivity contribution in [2.45, 2.75) is 44.3 Å². The lowest BCUT2D eigenvalue weighted by atomic mass is 9.95. The van der Waals surface area contributed by atoms with E-state index in [0.717, 1.165) is 74.9 Å². The number of anilines is 3. The molecule has 1 aliphatic carbocycles. The van der Waals surface area contributed by atoms with Crippen molar-refractivity contribution in [3.8, 4) is 17.0 Å². The van der Waals surface area contributed by atoms with Gasteiger partial charge in [0.15, 0.2) is 5.82 Å². The summed E-state index contributed by atoms with van der Waals surface area (Å²) in [5, 5.41) is 25.0. The monoisotopic (exact) mass is 731 g/mol. The van der Waals surface area contributed by atoms with Crippen LogP contribution in [-0.2, 0) is 20.9 Å². The molecule has 6 aliphatic heterocycles. The Hall–Kier alpha value is -5.24. The molecule has 2 aromatic carbocycles. The van der Waals surface area contributed by atoms with E-state index in [1.807, 2.05) is 30.3 Å². The largest absolute Gasteiger partial charge is 0.507 e. The van der Waals surface area contributed by atoms with Crippen LogP contribution < -0.4 is 20.4 Å². The standard InChI is InChI=1S/C40H45N9O5/c50-34-4-2-1-3-27(34)31-16-33-37(44-43-31)41-17-26-20-47(13-14-48(26)33)40(54)36-29-21-45(22-30(29)36)18-23-9-11-46(12-10-23)25-6-5-24-19-49(39(53)28(24)15-25)32-7-8-35(51)42-38(32)52/h1-6,15-16,23,26,29-30,32,36,50H,7-14,17-22H2,(H,41,44)(H,42,51,52)/t26-,29-,30+,32?,36+/m0/s1. The molecular weight excluding hydrogens is 686 g/mol. The van der Waals surface area contributed by atoms with Gasteiger partial charge in [0, 0.05) is 94.6 Å². The molecule has 1 saturated carbocycles. The zero-order chi connectivity index (χ0) is 36.7. The van der Waals surface area contributed by atoms with Crippen molar-refractivity contribution in [3.63, 3.8) is 0 Å². The molecule has 0 spiro atoms. The van der Waals surface area contributed by atoms with E-state index in [0.29, 0.717) is 73.1 Å². The summed E-state index contributed by atoms with van der Waals surface area (Å²) in [5.41, 5.74) is 4.90. The molecule has 3 N–H and O–H groups in total. The first-order chi connectivity index (χ1) is 26.3. The van der Waals surface area contributed by atoms with Gasteiger partial charge in [0.25, 0.3) is 5.91 Å². The van der Waals surface area contributed by atoms with E-state index in [-0.39, 0.29) is 41.9 Å². The molecule has 54 heavy (non-hydrogen) atoms. The number of nitrogens with one attached hydrogen (secondary N) is 2. The quantitative estimate of drug-likeness (QED) is 0.320. The summed E-state index contributed by atoms with van der Waals surface area (Å²) in [5.74, 6) is 2.12. The maximum atomic E-state index is 13.8. The number of aromatic nitrogens is 2. The van der Waals surface area contributed by atoms with Gasteiger partial charge >= 0.3 is 0 Å². The first-order valence-electron chi connectivity index (χ1n) is 19.5. The van der Waals surface area contributed by atoms with Crippen LogP contribution in [-0.4, -0.2) is 125 Å². The number of phenolic OH excluding ortho intramolecular Hbond substituents is 1. The summed E-state index contributed by atoms with van der Waals surface area (Å²) in [6.07, 6.45) is 2.80. The third kappa shape index (κ3) is 5.73. The Kier molecular flexibility index (Phi) is 8.00. The summed E-state index contributed by atoms with van der Waals surface area (Å²) >= 11 is 0. The van der Waals surface area contributed by atoms with Gasteiger partial charge < -0.3 is 34.9 Å². The Balaban J connectivity index is 0.696. The first-order valence-corrected chi connectivity index (χ1v) is 19.5. The average molecular weight is 732 g/mol. The highest BCUT2D eigenvalue weighted by Crippen LogP contribution is 2.53. The first kappa shape index (κ1) is 33.3. The van der Waals surface area contributed by atoms with Crippen molar-refractivity contribution >= 4 is 40.8 Å². The Morgan fingerprint density at radius 2 is 1.69 bits per heavy atom. The fraction of sp³-hybridized carbons (Fsp3) is 0.500. The number of likely N-dealkylation sites (tertiary alicyclic amines) is 1. The van der Waals surface area contributed by atoms with Crippen molar-refractivity contribution < 1.29 is 24.3 Å². The Bertz CT molecular complexity index is 2040. The van der Waals surface area contributed by atoms with Gasteiger partial charge in [0.05, 0.1) is 17.4 Å². The van der Waals surface area contributed by atoms with Gasteiger partial charge in [-0.15, -0.1) is 10.2 Å². The number of carbonyl (C=O) groups excluding carboxylic acids is 4. The SMILES string of the molecule is O=C1CCC(N2Cc3ccc(N4CCC(CN5C[C@@H]6[C@H](C5)[C@H]6C(=O)N5CCN6c7cc(-c8ccccc8O)nnc7NC[C@H]6C5)CC4)cc3C2=O)C(=O)N1. The Morgan fingerprint density at radius 3 is 2.48 bits per heavy atom. The number of carbonyl (C=O) groups is 4. The van der Waals surface area contributed by atoms with Crippen LogP contribution in [0.15, 0.2) is 48.5 Å². The molecule has 5 atom stereocenters. The molecule has 4 amide bonds.